The van der Waals surface area contributed by atoms with Crippen LogP contribution in [-0.4, -0.2) is 20.9 Å². The molecule has 3 rings (SSSR count). The molecule has 0 aliphatic rings. The van der Waals surface area contributed by atoms with Crippen LogP contribution in [-0.2, 0) is 13.0 Å². The minimum atomic E-state index is -0.250. The largest absolute Gasteiger partial charge is 0.345 e. The average Bonchev–Trinajstić information content (AvgIpc) is 2.59. The molecular weight excluding hydrogens is 276 g/mol. The molecule has 0 aliphatic carbocycles. The highest BCUT2D eigenvalue weighted by molar-refractivity contribution is 5.93. The predicted octanol–water partition coefficient (Wildman–Crippen LogP) is 2.52. The van der Waals surface area contributed by atoms with E-state index in [-0.39, 0.29) is 5.91 Å². The summed E-state index contributed by atoms with van der Waals surface area (Å²) in [6.07, 6.45) is 4.27. The third-order valence-electron chi connectivity index (χ3n) is 3.41. The summed E-state index contributed by atoms with van der Waals surface area (Å²) in [6, 6.07) is 11.4. The molecule has 0 saturated heterocycles. The third-order valence-corrected chi connectivity index (χ3v) is 3.41. The van der Waals surface area contributed by atoms with Gasteiger partial charge in [0.25, 0.3) is 5.91 Å². The van der Waals surface area contributed by atoms with Crippen molar-refractivity contribution in [2.75, 3.05) is 0 Å². The molecule has 0 atom stereocenters. The number of aryl methyl sites for hydroxylation is 1. The lowest BCUT2D eigenvalue weighted by molar-refractivity contribution is 0.0945. The van der Waals surface area contributed by atoms with Crippen molar-refractivity contribution in [3.05, 3.63) is 65.7 Å². The molecule has 1 amide bonds. The van der Waals surface area contributed by atoms with Gasteiger partial charge in [0.1, 0.15) is 5.69 Å². The zero-order valence-electron chi connectivity index (χ0n) is 12.3. The molecule has 0 radical (unpaired) electrons. The van der Waals surface area contributed by atoms with Crippen LogP contribution >= 0.6 is 0 Å². The van der Waals surface area contributed by atoms with E-state index < -0.39 is 0 Å². The number of carbonyl (C=O) groups is 1. The number of para-hydroxylation sites is 2. The molecule has 5 heteroatoms. The zero-order chi connectivity index (χ0) is 15.4. The Morgan fingerprint density at radius 1 is 1.05 bits per heavy atom. The summed E-state index contributed by atoms with van der Waals surface area (Å²) >= 11 is 0. The SMILES string of the molecule is CCc1ccc(CNC(=O)c2cnc3ccccc3n2)nc1. The second-order valence-corrected chi connectivity index (χ2v) is 4.94. The molecule has 22 heavy (non-hydrogen) atoms. The highest BCUT2D eigenvalue weighted by Crippen LogP contribution is 2.08. The van der Waals surface area contributed by atoms with Crippen molar-refractivity contribution in [1.29, 1.82) is 0 Å². The summed E-state index contributed by atoms with van der Waals surface area (Å²) in [5, 5.41) is 2.81. The van der Waals surface area contributed by atoms with Crippen molar-refractivity contribution in [3.63, 3.8) is 0 Å². The lowest BCUT2D eigenvalue weighted by Gasteiger charge is -2.05. The smallest absolute Gasteiger partial charge is 0.271 e. The van der Waals surface area contributed by atoms with Crippen LogP contribution in [0.2, 0.25) is 0 Å². The highest BCUT2D eigenvalue weighted by Gasteiger charge is 2.09. The van der Waals surface area contributed by atoms with E-state index in [1.54, 1.807) is 0 Å². The molecule has 110 valence electrons. The van der Waals surface area contributed by atoms with E-state index in [9.17, 15) is 4.79 Å². The van der Waals surface area contributed by atoms with Crippen LogP contribution in [0.4, 0.5) is 0 Å². The van der Waals surface area contributed by atoms with Crippen LogP contribution in [0.25, 0.3) is 11.0 Å². The van der Waals surface area contributed by atoms with Gasteiger partial charge < -0.3 is 5.32 Å². The van der Waals surface area contributed by atoms with Gasteiger partial charge in [-0.1, -0.05) is 25.1 Å². The van der Waals surface area contributed by atoms with Gasteiger partial charge in [-0.05, 0) is 30.2 Å². The molecule has 2 aromatic heterocycles. The maximum Gasteiger partial charge on any atom is 0.271 e. The maximum absolute atomic E-state index is 12.1. The molecular formula is C17H16N4O. The van der Waals surface area contributed by atoms with Crippen molar-refractivity contribution >= 4 is 16.9 Å². The van der Waals surface area contributed by atoms with Crippen molar-refractivity contribution in [1.82, 2.24) is 20.3 Å². The Bertz CT molecular complexity index is 799. The molecule has 1 aromatic carbocycles. The molecule has 0 aliphatic heterocycles. The Kier molecular flexibility index (Phi) is 4.05. The number of nitrogens with zero attached hydrogens (tertiary/aromatic N) is 3. The van der Waals surface area contributed by atoms with Gasteiger partial charge in [-0.2, -0.15) is 0 Å². The minimum Gasteiger partial charge on any atom is -0.345 e. The molecule has 0 spiro atoms. The number of hydrogen-bond donors (Lipinski definition) is 1. The number of fused-ring (bicyclic) bond motifs is 1. The van der Waals surface area contributed by atoms with E-state index in [4.69, 9.17) is 0 Å². The number of benzene rings is 1. The summed E-state index contributed by atoms with van der Waals surface area (Å²) in [5.74, 6) is -0.250. The van der Waals surface area contributed by atoms with Gasteiger partial charge in [-0.3, -0.25) is 14.8 Å². The first-order valence-corrected chi connectivity index (χ1v) is 7.20. The Morgan fingerprint density at radius 3 is 2.59 bits per heavy atom. The second-order valence-electron chi connectivity index (χ2n) is 4.94. The van der Waals surface area contributed by atoms with Crippen LogP contribution in [0.1, 0.15) is 28.7 Å². The monoisotopic (exact) mass is 292 g/mol. The van der Waals surface area contributed by atoms with Gasteiger partial charge in [0, 0.05) is 6.20 Å². The first-order chi connectivity index (χ1) is 10.8. The van der Waals surface area contributed by atoms with E-state index in [2.05, 4.69) is 27.2 Å². The van der Waals surface area contributed by atoms with E-state index in [1.165, 1.54) is 11.8 Å². The lowest BCUT2D eigenvalue weighted by Crippen LogP contribution is -2.24. The Balaban J connectivity index is 1.69. The van der Waals surface area contributed by atoms with Gasteiger partial charge in [0.05, 0.1) is 29.5 Å². The van der Waals surface area contributed by atoms with Gasteiger partial charge in [-0.25, -0.2) is 4.98 Å². The van der Waals surface area contributed by atoms with Crippen molar-refractivity contribution in [3.8, 4) is 0 Å². The van der Waals surface area contributed by atoms with Gasteiger partial charge in [0.2, 0.25) is 0 Å². The molecule has 0 fully saturated rings. The van der Waals surface area contributed by atoms with Crippen LogP contribution in [0.3, 0.4) is 0 Å². The molecule has 1 N–H and O–H groups in total. The number of pyridine rings is 1. The molecule has 2 heterocycles. The summed E-state index contributed by atoms with van der Waals surface area (Å²) in [7, 11) is 0. The zero-order valence-corrected chi connectivity index (χ0v) is 12.3. The fraction of sp³-hybridized carbons (Fsp3) is 0.176. The van der Waals surface area contributed by atoms with Gasteiger partial charge in [0.15, 0.2) is 0 Å². The van der Waals surface area contributed by atoms with Crippen LogP contribution in [0.15, 0.2) is 48.8 Å². The van der Waals surface area contributed by atoms with Crippen LogP contribution < -0.4 is 5.32 Å². The van der Waals surface area contributed by atoms with Gasteiger partial charge >= 0.3 is 0 Å². The predicted molar refractivity (Wildman–Crippen MR) is 84.3 cm³/mol. The number of hydrogen-bond acceptors (Lipinski definition) is 4. The number of carbonyl (C=O) groups excluding carboxylic acids is 1. The Morgan fingerprint density at radius 2 is 1.86 bits per heavy atom. The van der Waals surface area contributed by atoms with Crippen LogP contribution in [0.5, 0.6) is 0 Å². The Hall–Kier alpha value is -2.82. The highest BCUT2D eigenvalue weighted by atomic mass is 16.1. The number of amides is 1. The number of nitrogens with one attached hydrogen (secondary N) is 1. The third kappa shape index (κ3) is 3.09. The second kappa shape index (κ2) is 6.30. The standard InChI is InChI=1S/C17H16N4O/c1-2-12-7-8-13(18-9-12)10-20-17(22)16-11-19-14-5-3-4-6-15(14)21-16/h3-9,11H,2,10H2,1H3,(H,20,22). The summed E-state index contributed by atoms with van der Waals surface area (Å²) < 4.78 is 0. The maximum atomic E-state index is 12.1. The molecule has 0 unspecified atom stereocenters. The minimum absolute atomic E-state index is 0.250. The van der Waals surface area contributed by atoms with Crippen molar-refractivity contribution in [2.45, 2.75) is 19.9 Å². The first-order valence-electron chi connectivity index (χ1n) is 7.20. The molecule has 0 saturated carbocycles. The fourth-order valence-corrected chi connectivity index (χ4v) is 2.10. The Labute approximate surface area is 128 Å². The summed E-state index contributed by atoms with van der Waals surface area (Å²) in [4.78, 5) is 25.0. The normalized spacial score (nSPS) is 10.6. The number of rotatable bonds is 4. The lowest BCUT2D eigenvalue weighted by atomic mass is 10.2. The first kappa shape index (κ1) is 14.1. The summed E-state index contributed by atoms with van der Waals surface area (Å²) in [6.45, 7) is 2.45. The van der Waals surface area contributed by atoms with Crippen molar-refractivity contribution in [2.24, 2.45) is 0 Å². The van der Waals surface area contributed by atoms with E-state index in [0.717, 1.165) is 17.6 Å². The fourth-order valence-electron chi connectivity index (χ4n) is 2.10. The van der Waals surface area contributed by atoms with Gasteiger partial charge in [-0.15, -0.1) is 0 Å². The van der Waals surface area contributed by atoms with E-state index >= 15 is 0 Å². The van der Waals surface area contributed by atoms with E-state index in [1.807, 2.05) is 42.6 Å². The summed E-state index contributed by atoms with van der Waals surface area (Å²) in [5.41, 5.74) is 3.79. The molecule has 5 nitrogen and oxygen atoms in total. The quantitative estimate of drug-likeness (QED) is 0.802. The number of aromatic nitrogens is 3. The molecule has 0 bridgehead atoms. The van der Waals surface area contributed by atoms with Crippen molar-refractivity contribution < 1.29 is 4.79 Å². The van der Waals surface area contributed by atoms with E-state index in [0.29, 0.717) is 17.8 Å². The van der Waals surface area contributed by atoms with Crippen LogP contribution in [0, 0.1) is 0 Å². The topological polar surface area (TPSA) is 67.8 Å². The average molecular weight is 292 g/mol. The molecule has 3 aromatic rings.